The number of likely N-dealkylation sites (tertiary alicyclic amines) is 1. The van der Waals surface area contributed by atoms with Gasteiger partial charge >= 0.3 is 0 Å². The van der Waals surface area contributed by atoms with Gasteiger partial charge in [0.1, 0.15) is 22.7 Å². The van der Waals surface area contributed by atoms with E-state index in [4.69, 9.17) is 25.4 Å². The maximum Gasteiger partial charge on any atom is 0.186 e. The number of nitriles is 1. The average Bonchev–Trinajstić information content (AvgIpc) is 3.76. The highest BCUT2D eigenvalue weighted by molar-refractivity contribution is 7.16. The fourth-order valence-corrected chi connectivity index (χ4v) is 9.86. The van der Waals surface area contributed by atoms with Crippen LogP contribution in [0.25, 0.3) is 11.5 Å². The van der Waals surface area contributed by atoms with E-state index in [0.717, 1.165) is 92.1 Å². The number of nitrogens with zero attached hydrogens (tertiary/aromatic N) is 7. The number of rotatable bonds is 6. The summed E-state index contributed by atoms with van der Waals surface area (Å²) in [4.78, 5) is 18.7. The fraction of sp³-hybridized carbons (Fsp3) is 0.636. The lowest BCUT2D eigenvalue weighted by molar-refractivity contribution is 0.0884. The molecule has 3 aromatic rings. The van der Waals surface area contributed by atoms with E-state index in [9.17, 15) is 10.4 Å². The standard InChI is InChI=1S/C33H44N8O2S/c1-19(23-10-8-15-39(23)4)41-16-12-21-30(40(5)18-32(2,3)42)36-29(37-31(21)41)26-20-9-6-13-33(27(20)43-38-26)14-7-11-24-25(33)22(17-34)28(35)44-24/h19,23,42H,6-16,18,35H2,1-5H3. The summed E-state index contributed by atoms with van der Waals surface area (Å²) in [6.07, 6.45) is 8.86. The Morgan fingerprint density at radius 1 is 1.18 bits per heavy atom. The molecule has 11 heteroatoms. The van der Waals surface area contributed by atoms with E-state index in [-0.39, 0.29) is 0 Å². The third-order valence-electron chi connectivity index (χ3n) is 10.5. The Morgan fingerprint density at radius 2 is 1.95 bits per heavy atom. The van der Waals surface area contributed by atoms with Crippen molar-refractivity contribution in [3.63, 3.8) is 0 Å². The Hall–Kier alpha value is -3.20. The first kappa shape index (κ1) is 29.5. The Balaban J connectivity index is 1.36. The van der Waals surface area contributed by atoms with Crippen molar-refractivity contribution in [1.82, 2.24) is 20.0 Å². The van der Waals surface area contributed by atoms with Crippen LogP contribution in [0.4, 0.5) is 16.6 Å². The van der Waals surface area contributed by atoms with Gasteiger partial charge < -0.3 is 30.1 Å². The summed E-state index contributed by atoms with van der Waals surface area (Å²) >= 11 is 1.56. The SMILES string of the molecule is CC(C1CCCN1C)N1CCc2c(N(C)CC(C)(C)O)nc(-c3noc4c3CCCC43CCCc4sc(N)c(C#N)c43)nc21. The number of likely N-dealkylation sites (N-methyl/N-ethyl adjacent to an activating group) is 2. The molecule has 234 valence electrons. The summed E-state index contributed by atoms with van der Waals surface area (Å²) in [5.41, 5.74) is 9.66. The number of aliphatic hydroxyl groups is 1. The van der Waals surface area contributed by atoms with E-state index in [1.807, 2.05) is 20.9 Å². The number of nitrogens with two attached hydrogens (primary N) is 1. The van der Waals surface area contributed by atoms with Crippen LogP contribution in [0.15, 0.2) is 4.52 Å². The monoisotopic (exact) mass is 616 g/mol. The summed E-state index contributed by atoms with van der Waals surface area (Å²) in [5, 5.41) is 26.1. The van der Waals surface area contributed by atoms with Crippen molar-refractivity contribution in [2.45, 2.75) is 102 Å². The molecule has 10 nitrogen and oxygen atoms in total. The minimum absolute atomic E-state index is 0.308. The van der Waals surface area contributed by atoms with Gasteiger partial charge in [-0.1, -0.05) is 5.16 Å². The van der Waals surface area contributed by atoms with E-state index < -0.39 is 11.0 Å². The van der Waals surface area contributed by atoms with E-state index in [1.54, 1.807) is 11.3 Å². The molecule has 1 saturated heterocycles. The molecule has 3 aromatic heterocycles. The highest BCUT2D eigenvalue weighted by atomic mass is 32.1. The summed E-state index contributed by atoms with van der Waals surface area (Å²) in [7, 11) is 4.23. The normalized spacial score (nSPS) is 23.8. The van der Waals surface area contributed by atoms with Crippen LogP contribution >= 0.6 is 11.3 Å². The summed E-state index contributed by atoms with van der Waals surface area (Å²) in [6.45, 7) is 8.44. The number of aromatic nitrogens is 3. The van der Waals surface area contributed by atoms with Crippen molar-refractivity contribution in [1.29, 1.82) is 5.26 Å². The Bertz CT molecular complexity index is 1630. The number of fused-ring (bicyclic) bond motifs is 5. The largest absolute Gasteiger partial charge is 0.389 e. The third kappa shape index (κ3) is 4.60. The molecule has 7 rings (SSSR count). The zero-order valence-corrected chi connectivity index (χ0v) is 27.4. The number of thiophene rings is 1. The topological polar surface area (TPSA) is 132 Å². The lowest BCUT2D eigenvalue weighted by atomic mass is 9.63. The minimum atomic E-state index is -0.885. The molecule has 2 aliphatic carbocycles. The van der Waals surface area contributed by atoms with Gasteiger partial charge in [0.05, 0.1) is 16.6 Å². The van der Waals surface area contributed by atoms with Crippen LogP contribution in [0, 0.1) is 11.3 Å². The highest BCUT2D eigenvalue weighted by Gasteiger charge is 2.49. The van der Waals surface area contributed by atoms with Crippen LogP contribution in [0.2, 0.25) is 0 Å². The van der Waals surface area contributed by atoms with Crippen LogP contribution in [-0.2, 0) is 24.7 Å². The molecular formula is C33H44N8O2S. The van der Waals surface area contributed by atoms with Crippen molar-refractivity contribution in [3.05, 3.63) is 32.9 Å². The second-order valence-corrected chi connectivity index (χ2v) is 15.2. The van der Waals surface area contributed by atoms with Crippen molar-refractivity contribution in [2.24, 2.45) is 0 Å². The van der Waals surface area contributed by atoms with E-state index in [1.165, 1.54) is 17.7 Å². The first-order chi connectivity index (χ1) is 21.0. The Labute approximate surface area is 263 Å². The zero-order valence-electron chi connectivity index (χ0n) is 26.6. The van der Waals surface area contributed by atoms with Gasteiger partial charge in [-0.2, -0.15) is 5.26 Å². The molecule has 1 fully saturated rings. The molecule has 44 heavy (non-hydrogen) atoms. The first-order valence-corrected chi connectivity index (χ1v) is 17.0. The van der Waals surface area contributed by atoms with Gasteiger partial charge in [0.25, 0.3) is 0 Å². The number of nitrogen functional groups attached to an aromatic ring is 1. The molecule has 2 aliphatic heterocycles. The molecule has 0 radical (unpaired) electrons. The Morgan fingerprint density at radius 3 is 2.66 bits per heavy atom. The molecule has 0 amide bonds. The molecule has 0 bridgehead atoms. The third-order valence-corrected chi connectivity index (χ3v) is 11.6. The van der Waals surface area contributed by atoms with E-state index >= 15 is 0 Å². The lowest BCUT2D eigenvalue weighted by Gasteiger charge is -2.39. The smallest absolute Gasteiger partial charge is 0.186 e. The van der Waals surface area contributed by atoms with Crippen LogP contribution < -0.4 is 15.5 Å². The fourth-order valence-electron chi connectivity index (χ4n) is 8.70. The van der Waals surface area contributed by atoms with Gasteiger partial charge in [0, 0.05) is 48.2 Å². The minimum Gasteiger partial charge on any atom is -0.389 e. The van der Waals surface area contributed by atoms with Crippen molar-refractivity contribution in [2.75, 3.05) is 49.3 Å². The lowest BCUT2D eigenvalue weighted by Crippen LogP contribution is -2.46. The molecule has 3 unspecified atom stereocenters. The van der Waals surface area contributed by atoms with Crippen molar-refractivity contribution in [3.8, 4) is 17.6 Å². The van der Waals surface area contributed by atoms with E-state index in [0.29, 0.717) is 40.7 Å². The average molecular weight is 617 g/mol. The molecule has 1 spiro atoms. The van der Waals surface area contributed by atoms with Crippen LogP contribution in [-0.4, -0.2) is 76.5 Å². The van der Waals surface area contributed by atoms with Gasteiger partial charge in [-0.25, -0.2) is 9.97 Å². The number of hydrogen-bond donors (Lipinski definition) is 2. The number of hydrogen-bond acceptors (Lipinski definition) is 11. The molecule has 5 heterocycles. The van der Waals surface area contributed by atoms with Gasteiger partial charge in [-0.05, 0) is 97.7 Å². The molecule has 0 aromatic carbocycles. The van der Waals surface area contributed by atoms with E-state index in [2.05, 4.69) is 34.7 Å². The first-order valence-electron chi connectivity index (χ1n) is 16.1. The Kier molecular flexibility index (Phi) is 7.18. The van der Waals surface area contributed by atoms with Gasteiger partial charge in [-0.3, -0.25) is 0 Å². The van der Waals surface area contributed by atoms with Gasteiger partial charge in [0.15, 0.2) is 17.3 Å². The summed E-state index contributed by atoms with van der Waals surface area (Å²) in [5.74, 6) is 3.26. The second-order valence-electron chi connectivity index (χ2n) is 14.1. The maximum atomic E-state index is 10.7. The highest BCUT2D eigenvalue weighted by Crippen LogP contribution is 2.55. The summed E-state index contributed by atoms with van der Waals surface area (Å²) in [6, 6.07) is 3.20. The number of anilines is 3. The van der Waals surface area contributed by atoms with Crippen LogP contribution in [0.5, 0.6) is 0 Å². The molecule has 4 aliphatic rings. The van der Waals surface area contributed by atoms with Crippen molar-refractivity contribution < 1.29 is 9.63 Å². The van der Waals surface area contributed by atoms with Gasteiger partial charge in [0.2, 0.25) is 0 Å². The van der Waals surface area contributed by atoms with Crippen molar-refractivity contribution >= 4 is 28.0 Å². The predicted molar refractivity (Wildman–Crippen MR) is 173 cm³/mol. The molecule has 3 N–H and O–H groups in total. The molecular weight excluding hydrogens is 572 g/mol. The zero-order chi connectivity index (χ0) is 31.0. The molecule has 3 atom stereocenters. The second kappa shape index (κ2) is 10.7. The number of aryl methyl sites for hydroxylation is 1. The predicted octanol–water partition coefficient (Wildman–Crippen LogP) is 4.66. The van der Waals surface area contributed by atoms with Crippen LogP contribution in [0.1, 0.15) is 92.2 Å². The quantitative estimate of drug-likeness (QED) is 0.403. The summed E-state index contributed by atoms with van der Waals surface area (Å²) < 4.78 is 6.32. The maximum absolute atomic E-state index is 10.7. The molecule has 0 saturated carbocycles. The van der Waals surface area contributed by atoms with Gasteiger partial charge in [-0.15, -0.1) is 11.3 Å². The van der Waals surface area contributed by atoms with Crippen LogP contribution in [0.3, 0.4) is 0 Å².